The fourth-order valence-corrected chi connectivity index (χ4v) is 1.97. The van der Waals surface area contributed by atoms with Gasteiger partial charge in [-0.25, -0.2) is 4.99 Å². The summed E-state index contributed by atoms with van der Waals surface area (Å²) in [7, 11) is 0. The lowest BCUT2D eigenvalue weighted by molar-refractivity contribution is 0.457. The van der Waals surface area contributed by atoms with E-state index in [4.69, 9.17) is 5.73 Å². The molecule has 106 valence electrons. The first kappa shape index (κ1) is 14.0. The number of aliphatic imine (C=N–C) groups is 1. The van der Waals surface area contributed by atoms with E-state index in [-0.39, 0.29) is 0 Å². The smallest absolute Gasteiger partial charge is 0.191 e. The van der Waals surface area contributed by atoms with Crippen LogP contribution in [0.2, 0.25) is 0 Å². The van der Waals surface area contributed by atoms with E-state index in [1.165, 1.54) is 0 Å². The van der Waals surface area contributed by atoms with Crippen LogP contribution in [0.25, 0.3) is 5.69 Å². The van der Waals surface area contributed by atoms with Crippen molar-refractivity contribution in [1.82, 2.24) is 19.7 Å². The quantitative estimate of drug-likeness (QED) is 0.660. The van der Waals surface area contributed by atoms with E-state index in [0.29, 0.717) is 12.5 Å². The third kappa shape index (κ3) is 3.14. The van der Waals surface area contributed by atoms with Gasteiger partial charge in [-0.3, -0.25) is 4.57 Å². The maximum absolute atomic E-state index is 5.96. The van der Waals surface area contributed by atoms with Gasteiger partial charge in [0.05, 0.1) is 0 Å². The van der Waals surface area contributed by atoms with Gasteiger partial charge in [0, 0.05) is 18.8 Å². The molecule has 1 aromatic carbocycles. The largest absolute Gasteiger partial charge is 0.370 e. The van der Waals surface area contributed by atoms with E-state index in [1.54, 1.807) is 6.33 Å². The second-order valence-electron chi connectivity index (χ2n) is 4.30. The lowest BCUT2D eigenvalue weighted by Gasteiger charge is -2.19. The first-order chi connectivity index (χ1) is 9.76. The van der Waals surface area contributed by atoms with E-state index in [9.17, 15) is 0 Å². The molecule has 2 rings (SSSR count). The highest BCUT2D eigenvalue weighted by Crippen LogP contribution is 2.09. The van der Waals surface area contributed by atoms with Crippen LogP contribution in [0.3, 0.4) is 0 Å². The highest BCUT2D eigenvalue weighted by molar-refractivity contribution is 5.77. The molecule has 6 nitrogen and oxygen atoms in total. The Morgan fingerprint density at radius 3 is 2.60 bits per heavy atom. The molecule has 0 atom stereocenters. The molecule has 0 aliphatic carbocycles. The van der Waals surface area contributed by atoms with Gasteiger partial charge >= 0.3 is 0 Å². The van der Waals surface area contributed by atoms with E-state index in [2.05, 4.69) is 29.0 Å². The van der Waals surface area contributed by atoms with Crippen LogP contribution in [-0.2, 0) is 6.54 Å². The summed E-state index contributed by atoms with van der Waals surface area (Å²) >= 11 is 0. The third-order valence-corrected chi connectivity index (χ3v) is 3.12. The Morgan fingerprint density at radius 2 is 1.95 bits per heavy atom. The molecular formula is C14H20N6. The summed E-state index contributed by atoms with van der Waals surface area (Å²) in [5, 5.41) is 8.06. The Bertz CT molecular complexity index is 556. The van der Waals surface area contributed by atoms with Crippen molar-refractivity contribution in [2.45, 2.75) is 20.4 Å². The summed E-state index contributed by atoms with van der Waals surface area (Å²) < 4.78 is 1.92. The molecular weight excluding hydrogens is 252 g/mol. The van der Waals surface area contributed by atoms with Gasteiger partial charge in [0.15, 0.2) is 11.8 Å². The van der Waals surface area contributed by atoms with Crippen molar-refractivity contribution in [2.75, 3.05) is 13.1 Å². The molecule has 20 heavy (non-hydrogen) atoms. The minimum atomic E-state index is 0.414. The number of guanidine groups is 1. The van der Waals surface area contributed by atoms with Gasteiger partial charge in [0.2, 0.25) is 0 Å². The highest BCUT2D eigenvalue weighted by atomic mass is 15.3. The molecule has 0 aliphatic rings. The lowest BCUT2D eigenvalue weighted by atomic mass is 10.3. The number of hydrogen-bond acceptors (Lipinski definition) is 3. The topological polar surface area (TPSA) is 72.3 Å². The summed E-state index contributed by atoms with van der Waals surface area (Å²) in [6, 6.07) is 9.94. The van der Waals surface area contributed by atoms with E-state index in [1.807, 2.05) is 39.8 Å². The lowest BCUT2D eigenvalue weighted by Crippen LogP contribution is -2.37. The molecule has 0 bridgehead atoms. The maximum atomic E-state index is 5.96. The minimum Gasteiger partial charge on any atom is -0.370 e. The van der Waals surface area contributed by atoms with Gasteiger partial charge in [-0.15, -0.1) is 10.2 Å². The molecule has 2 N–H and O–H groups in total. The number of nitrogens with zero attached hydrogens (tertiary/aromatic N) is 5. The molecule has 1 heterocycles. The fraction of sp³-hybridized carbons (Fsp3) is 0.357. The zero-order valence-electron chi connectivity index (χ0n) is 11.9. The Balaban J connectivity index is 2.16. The molecule has 0 aliphatic heterocycles. The van der Waals surface area contributed by atoms with Crippen LogP contribution in [0, 0.1) is 0 Å². The molecule has 0 spiro atoms. The molecule has 0 amide bonds. The first-order valence-corrected chi connectivity index (χ1v) is 6.75. The Hall–Kier alpha value is -2.37. The van der Waals surface area contributed by atoms with Crippen LogP contribution in [-0.4, -0.2) is 38.7 Å². The van der Waals surface area contributed by atoms with Gasteiger partial charge in [0.25, 0.3) is 0 Å². The summed E-state index contributed by atoms with van der Waals surface area (Å²) in [5.74, 6) is 1.31. The zero-order valence-corrected chi connectivity index (χ0v) is 11.9. The number of para-hydroxylation sites is 1. The number of benzene rings is 1. The summed E-state index contributed by atoms with van der Waals surface area (Å²) in [5.41, 5.74) is 6.98. The molecule has 0 unspecified atom stereocenters. The standard InChI is InChI=1S/C14H20N6/c1-3-19(4-2)14(15)16-10-13-18-17-11-20(13)12-8-6-5-7-9-12/h5-9,11H,3-4,10H2,1-2H3,(H2,15,16). The van der Waals surface area contributed by atoms with Crippen molar-refractivity contribution in [3.05, 3.63) is 42.5 Å². The second-order valence-corrected chi connectivity index (χ2v) is 4.30. The average molecular weight is 272 g/mol. The van der Waals surface area contributed by atoms with Crippen molar-refractivity contribution >= 4 is 5.96 Å². The molecule has 6 heteroatoms. The van der Waals surface area contributed by atoms with Gasteiger partial charge in [-0.05, 0) is 26.0 Å². The van der Waals surface area contributed by atoms with E-state index in [0.717, 1.165) is 24.6 Å². The number of hydrogen-bond donors (Lipinski definition) is 1. The predicted molar refractivity (Wildman–Crippen MR) is 79.6 cm³/mol. The summed E-state index contributed by atoms with van der Waals surface area (Å²) in [4.78, 5) is 6.40. The van der Waals surface area contributed by atoms with Gasteiger partial charge in [-0.1, -0.05) is 18.2 Å². The van der Waals surface area contributed by atoms with Crippen LogP contribution in [0.4, 0.5) is 0 Å². The maximum Gasteiger partial charge on any atom is 0.191 e. The Morgan fingerprint density at radius 1 is 1.25 bits per heavy atom. The molecule has 0 saturated heterocycles. The van der Waals surface area contributed by atoms with E-state index < -0.39 is 0 Å². The van der Waals surface area contributed by atoms with Gasteiger partial charge in [-0.2, -0.15) is 0 Å². The van der Waals surface area contributed by atoms with Crippen molar-refractivity contribution in [3.63, 3.8) is 0 Å². The van der Waals surface area contributed by atoms with Gasteiger partial charge in [0.1, 0.15) is 12.9 Å². The molecule has 1 aromatic heterocycles. The van der Waals surface area contributed by atoms with E-state index >= 15 is 0 Å². The first-order valence-electron chi connectivity index (χ1n) is 6.75. The van der Waals surface area contributed by atoms with Crippen LogP contribution < -0.4 is 5.73 Å². The fourth-order valence-electron chi connectivity index (χ4n) is 1.97. The van der Waals surface area contributed by atoms with Crippen molar-refractivity contribution in [2.24, 2.45) is 10.7 Å². The van der Waals surface area contributed by atoms with Crippen LogP contribution in [0.15, 0.2) is 41.7 Å². The summed E-state index contributed by atoms with van der Waals surface area (Å²) in [6.45, 7) is 6.21. The Labute approximate surface area is 119 Å². The number of rotatable bonds is 5. The van der Waals surface area contributed by atoms with Crippen molar-refractivity contribution < 1.29 is 0 Å². The number of aromatic nitrogens is 3. The normalized spacial score (nSPS) is 11.6. The molecule has 0 fully saturated rings. The molecule has 0 radical (unpaired) electrons. The highest BCUT2D eigenvalue weighted by Gasteiger charge is 2.07. The average Bonchev–Trinajstić information content (AvgIpc) is 2.95. The second kappa shape index (κ2) is 6.70. The van der Waals surface area contributed by atoms with Gasteiger partial charge < -0.3 is 10.6 Å². The number of nitrogens with two attached hydrogens (primary N) is 1. The summed E-state index contributed by atoms with van der Waals surface area (Å²) in [6.07, 6.45) is 1.69. The van der Waals surface area contributed by atoms with Crippen molar-refractivity contribution in [1.29, 1.82) is 0 Å². The SMILES string of the molecule is CCN(CC)C(N)=NCc1nncn1-c1ccccc1. The molecule has 0 saturated carbocycles. The minimum absolute atomic E-state index is 0.414. The predicted octanol–water partition coefficient (Wildman–Crippen LogP) is 1.42. The van der Waals surface area contributed by atoms with Crippen LogP contribution in [0.1, 0.15) is 19.7 Å². The third-order valence-electron chi connectivity index (χ3n) is 3.12. The van der Waals surface area contributed by atoms with Crippen molar-refractivity contribution in [3.8, 4) is 5.69 Å². The zero-order chi connectivity index (χ0) is 14.4. The Kier molecular flexibility index (Phi) is 4.70. The van der Waals surface area contributed by atoms with Crippen LogP contribution >= 0.6 is 0 Å². The monoisotopic (exact) mass is 272 g/mol. The molecule has 2 aromatic rings. The van der Waals surface area contributed by atoms with Crippen LogP contribution in [0.5, 0.6) is 0 Å².